The fraction of sp³-hybridized carbons (Fsp3) is 0.333. The van der Waals surface area contributed by atoms with Crippen LogP contribution in [0.5, 0.6) is 0 Å². The highest BCUT2D eigenvalue weighted by atomic mass is 35.5. The number of hydrogen-bond donors (Lipinski definition) is 1. The average Bonchev–Trinajstić information content (AvgIpc) is 2.21. The van der Waals surface area contributed by atoms with Gasteiger partial charge in [-0.1, -0.05) is 24.4 Å². The Labute approximate surface area is 74.1 Å². The SMILES string of the molecule is SN1Cc2cc(Cl)sc2C1. The molecule has 0 fully saturated rings. The molecule has 0 saturated carbocycles. The second-order valence-corrected chi connectivity index (χ2v) is 4.66. The minimum atomic E-state index is 0.895. The number of thiophene rings is 1. The first-order valence-electron chi connectivity index (χ1n) is 2.96. The third-order valence-corrected chi connectivity index (χ3v) is 3.12. The Balaban J connectivity index is 2.39. The van der Waals surface area contributed by atoms with Crippen LogP contribution in [-0.4, -0.2) is 4.31 Å². The molecule has 0 N–H and O–H groups in total. The van der Waals surface area contributed by atoms with Crippen molar-refractivity contribution in [2.45, 2.75) is 13.1 Å². The summed E-state index contributed by atoms with van der Waals surface area (Å²) in [6.07, 6.45) is 0. The van der Waals surface area contributed by atoms with Gasteiger partial charge in [0.25, 0.3) is 0 Å². The molecule has 4 heteroatoms. The minimum absolute atomic E-state index is 0.895. The zero-order chi connectivity index (χ0) is 7.14. The summed E-state index contributed by atoms with van der Waals surface area (Å²) in [6.45, 7) is 1.87. The zero-order valence-corrected chi connectivity index (χ0v) is 7.64. The standard InChI is InChI=1S/C6H6ClNS2/c7-6-1-4-2-8(9)3-5(4)10-6/h1,9H,2-3H2. The fourth-order valence-corrected chi connectivity index (χ4v) is 2.83. The number of nitrogens with zero attached hydrogens (tertiary/aromatic N) is 1. The van der Waals surface area contributed by atoms with Crippen LogP contribution in [0.15, 0.2) is 6.07 Å². The first-order valence-corrected chi connectivity index (χ1v) is 4.56. The predicted molar refractivity (Wildman–Crippen MR) is 47.6 cm³/mol. The molecule has 0 atom stereocenters. The van der Waals surface area contributed by atoms with E-state index in [1.165, 1.54) is 10.4 Å². The van der Waals surface area contributed by atoms with E-state index in [-0.39, 0.29) is 0 Å². The van der Waals surface area contributed by atoms with Crippen LogP contribution in [0.2, 0.25) is 4.34 Å². The topological polar surface area (TPSA) is 3.24 Å². The Morgan fingerprint density at radius 2 is 2.40 bits per heavy atom. The Kier molecular flexibility index (Phi) is 1.68. The van der Waals surface area contributed by atoms with Crippen LogP contribution >= 0.6 is 35.8 Å². The smallest absolute Gasteiger partial charge is 0.0935 e. The molecule has 0 unspecified atom stereocenters. The van der Waals surface area contributed by atoms with Crippen molar-refractivity contribution in [3.8, 4) is 0 Å². The quantitative estimate of drug-likeness (QED) is 0.617. The van der Waals surface area contributed by atoms with Crippen molar-refractivity contribution in [1.29, 1.82) is 0 Å². The molecule has 1 nitrogen and oxygen atoms in total. The van der Waals surface area contributed by atoms with Crippen molar-refractivity contribution >= 4 is 35.8 Å². The summed E-state index contributed by atoms with van der Waals surface area (Å²) >= 11 is 11.7. The molecule has 0 aliphatic carbocycles. The minimum Gasteiger partial charge on any atom is -0.244 e. The van der Waals surface area contributed by atoms with Gasteiger partial charge in [-0.2, -0.15) is 0 Å². The van der Waals surface area contributed by atoms with Crippen LogP contribution in [0.25, 0.3) is 0 Å². The maximum Gasteiger partial charge on any atom is 0.0935 e. The van der Waals surface area contributed by atoms with E-state index in [0.717, 1.165) is 17.4 Å². The van der Waals surface area contributed by atoms with Crippen LogP contribution in [0.3, 0.4) is 0 Å². The Morgan fingerprint density at radius 1 is 1.60 bits per heavy atom. The van der Waals surface area contributed by atoms with Gasteiger partial charge in [-0.15, -0.1) is 11.3 Å². The highest BCUT2D eigenvalue weighted by molar-refractivity contribution is 7.77. The van der Waals surface area contributed by atoms with Crippen molar-refractivity contribution in [3.05, 3.63) is 20.8 Å². The van der Waals surface area contributed by atoms with Gasteiger partial charge >= 0.3 is 0 Å². The van der Waals surface area contributed by atoms with E-state index < -0.39 is 0 Å². The molecule has 0 spiro atoms. The number of rotatable bonds is 0. The average molecular weight is 192 g/mol. The number of fused-ring (bicyclic) bond motifs is 1. The molecule has 0 bridgehead atoms. The van der Waals surface area contributed by atoms with Gasteiger partial charge in [0.2, 0.25) is 0 Å². The van der Waals surface area contributed by atoms with Crippen LogP contribution < -0.4 is 0 Å². The number of hydrogen-bond acceptors (Lipinski definition) is 3. The van der Waals surface area contributed by atoms with Gasteiger partial charge in [0, 0.05) is 18.0 Å². The van der Waals surface area contributed by atoms with Gasteiger partial charge in [-0.3, -0.25) is 0 Å². The Bertz CT molecular complexity index is 235. The molecule has 54 valence electrons. The van der Waals surface area contributed by atoms with Crippen molar-refractivity contribution < 1.29 is 0 Å². The molecule has 1 aromatic rings. The Morgan fingerprint density at radius 3 is 3.10 bits per heavy atom. The number of thiol groups is 1. The van der Waals surface area contributed by atoms with E-state index in [1.54, 1.807) is 11.3 Å². The van der Waals surface area contributed by atoms with Gasteiger partial charge in [0.15, 0.2) is 0 Å². The third-order valence-electron chi connectivity index (χ3n) is 1.55. The van der Waals surface area contributed by atoms with Gasteiger partial charge in [0.05, 0.1) is 4.34 Å². The molecule has 0 saturated heterocycles. The normalized spacial score (nSPS) is 17.8. The molecule has 0 amide bonds. The molecule has 2 rings (SSSR count). The summed E-state index contributed by atoms with van der Waals surface area (Å²) in [6, 6.07) is 2.03. The summed E-state index contributed by atoms with van der Waals surface area (Å²) in [5.74, 6) is 0. The lowest BCUT2D eigenvalue weighted by Crippen LogP contribution is -1.99. The van der Waals surface area contributed by atoms with E-state index in [2.05, 4.69) is 12.8 Å². The molecule has 1 aromatic heterocycles. The van der Waals surface area contributed by atoms with Crippen LogP contribution in [0, 0.1) is 0 Å². The third kappa shape index (κ3) is 1.07. The largest absolute Gasteiger partial charge is 0.244 e. The van der Waals surface area contributed by atoms with Gasteiger partial charge in [-0.25, -0.2) is 4.31 Å². The molecular formula is C6H6ClNS2. The second kappa shape index (κ2) is 2.41. The summed E-state index contributed by atoms with van der Waals surface area (Å²) in [5, 5.41) is 0. The predicted octanol–water partition coefficient (Wildman–Crippen LogP) is 2.56. The first-order chi connectivity index (χ1) is 4.75. The van der Waals surface area contributed by atoms with E-state index in [0.29, 0.717) is 0 Å². The first kappa shape index (κ1) is 6.98. The summed E-state index contributed by atoms with van der Waals surface area (Å²) in [4.78, 5) is 1.36. The lowest BCUT2D eigenvalue weighted by atomic mass is 10.3. The lowest BCUT2D eigenvalue weighted by molar-refractivity contribution is 0.518. The second-order valence-electron chi connectivity index (χ2n) is 2.32. The van der Waals surface area contributed by atoms with Crippen molar-refractivity contribution in [1.82, 2.24) is 4.31 Å². The van der Waals surface area contributed by atoms with Crippen molar-refractivity contribution in [3.63, 3.8) is 0 Å². The molecule has 2 heterocycles. The van der Waals surface area contributed by atoms with Crippen molar-refractivity contribution in [2.24, 2.45) is 0 Å². The van der Waals surface area contributed by atoms with Crippen LogP contribution in [0.1, 0.15) is 10.4 Å². The zero-order valence-electron chi connectivity index (χ0n) is 5.17. The Hall–Kier alpha value is 0.300. The van der Waals surface area contributed by atoms with E-state index in [4.69, 9.17) is 11.6 Å². The summed E-state index contributed by atoms with van der Waals surface area (Å²) in [7, 11) is 0. The molecule has 0 aromatic carbocycles. The maximum atomic E-state index is 5.80. The summed E-state index contributed by atoms with van der Waals surface area (Å²) < 4.78 is 2.88. The lowest BCUT2D eigenvalue weighted by Gasteiger charge is -2.01. The van der Waals surface area contributed by atoms with Gasteiger partial charge < -0.3 is 0 Å². The molecule has 0 radical (unpaired) electrons. The maximum absolute atomic E-state index is 5.80. The van der Waals surface area contributed by atoms with E-state index in [1.807, 2.05) is 10.4 Å². The molecule has 1 aliphatic heterocycles. The number of halogens is 1. The monoisotopic (exact) mass is 191 g/mol. The molecule has 10 heavy (non-hydrogen) atoms. The fourth-order valence-electron chi connectivity index (χ4n) is 1.12. The summed E-state index contributed by atoms with van der Waals surface area (Å²) in [5.41, 5.74) is 1.34. The van der Waals surface area contributed by atoms with Crippen LogP contribution in [-0.2, 0) is 13.1 Å². The van der Waals surface area contributed by atoms with Gasteiger partial charge in [0.1, 0.15) is 0 Å². The highest BCUT2D eigenvalue weighted by Crippen LogP contribution is 2.34. The van der Waals surface area contributed by atoms with Crippen LogP contribution in [0.4, 0.5) is 0 Å². The van der Waals surface area contributed by atoms with E-state index >= 15 is 0 Å². The van der Waals surface area contributed by atoms with Crippen molar-refractivity contribution in [2.75, 3.05) is 0 Å². The van der Waals surface area contributed by atoms with Gasteiger partial charge in [-0.05, 0) is 11.6 Å². The van der Waals surface area contributed by atoms with E-state index in [9.17, 15) is 0 Å². The molecular weight excluding hydrogens is 186 g/mol. The molecule has 1 aliphatic rings. The highest BCUT2D eigenvalue weighted by Gasteiger charge is 2.18.